The second-order valence-corrected chi connectivity index (χ2v) is 5.67. The maximum Gasteiger partial charge on any atom is 0.422 e. The largest absolute Gasteiger partial charge is 0.465 e. The van der Waals surface area contributed by atoms with Gasteiger partial charge in [0.15, 0.2) is 0 Å². The molecule has 1 saturated heterocycles. The molecular formula is C12H23N3O4. The van der Waals surface area contributed by atoms with Crippen molar-refractivity contribution in [3.05, 3.63) is 0 Å². The van der Waals surface area contributed by atoms with E-state index in [1.165, 1.54) is 4.90 Å². The fourth-order valence-corrected chi connectivity index (χ4v) is 1.90. The molecule has 1 rings (SSSR count). The lowest BCUT2D eigenvalue weighted by Gasteiger charge is -2.22. The first-order valence-electron chi connectivity index (χ1n) is 6.50. The van der Waals surface area contributed by atoms with Crippen LogP contribution in [-0.4, -0.2) is 46.9 Å². The summed E-state index contributed by atoms with van der Waals surface area (Å²) in [5.74, 6) is 0. The van der Waals surface area contributed by atoms with Crippen LogP contribution in [0.1, 0.15) is 40.0 Å². The monoisotopic (exact) mass is 273 g/mol. The third kappa shape index (κ3) is 6.28. The van der Waals surface area contributed by atoms with Gasteiger partial charge in [0.05, 0.1) is 0 Å². The molecule has 0 aliphatic carbocycles. The first-order valence-corrected chi connectivity index (χ1v) is 6.50. The summed E-state index contributed by atoms with van der Waals surface area (Å²) in [4.78, 5) is 23.7. The Morgan fingerprint density at radius 2 is 1.95 bits per heavy atom. The van der Waals surface area contributed by atoms with Crippen molar-refractivity contribution in [1.82, 2.24) is 15.8 Å². The molecular weight excluding hydrogens is 250 g/mol. The minimum absolute atomic E-state index is 0.0665. The van der Waals surface area contributed by atoms with Crippen LogP contribution in [0.2, 0.25) is 0 Å². The summed E-state index contributed by atoms with van der Waals surface area (Å²) in [7, 11) is 0. The third-order valence-electron chi connectivity index (χ3n) is 2.78. The molecule has 0 aromatic heterocycles. The standard InChI is InChI=1S/C12H23N3O4/c1-12(2,3)19-10(16)14-13-9-5-4-7-15(8-6-9)11(17)18/h9,13H,4-8H2,1-3H3,(H,14,16)(H,17,18). The van der Waals surface area contributed by atoms with Crippen molar-refractivity contribution in [2.24, 2.45) is 0 Å². The van der Waals surface area contributed by atoms with Crippen LogP contribution in [-0.2, 0) is 4.74 Å². The highest BCUT2D eigenvalue weighted by Gasteiger charge is 2.21. The number of rotatable bonds is 2. The van der Waals surface area contributed by atoms with Crippen molar-refractivity contribution >= 4 is 12.2 Å². The van der Waals surface area contributed by atoms with Gasteiger partial charge in [-0.2, -0.15) is 0 Å². The summed E-state index contributed by atoms with van der Waals surface area (Å²) in [5.41, 5.74) is 4.87. The van der Waals surface area contributed by atoms with Gasteiger partial charge in [0.1, 0.15) is 5.60 Å². The molecule has 1 aliphatic rings. The van der Waals surface area contributed by atoms with Crippen molar-refractivity contribution in [1.29, 1.82) is 0 Å². The van der Waals surface area contributed by atoms with Crippen LogP contribution in [0, 0.1) is 0 Å². The Balaban J connectivity index is 2.30. The molecule has 0 saturated carbocycles. The van der Waals surface area contributed by atoms with Gasteiger partial charge in [-0.3, -0.25) is 5.43 Å². The molecule has 2 amide bonds. The van der Waals surface area contributed by atoms with Gasteiger partial charge < -0.3 is 14.7 Å². The number of nitrogens with zero attached hydrogens (tertiary/aromatic N) is 1. The van der Waals surface area contributed by atoms with Crippen molar-refractivity contribution in [3.63, 3.8) is 0 Å². The highest BCUT2D eigenvalue weighted by Crippen LogP contribution is 2.11. The van der Waals surface area contributed by atoms with Crippen molar-refractivity contribution in [2.75, 3.05) is 13.1 Å². The lowest BCUT2D eigenvalue weighted by Crippen LogP contribution is -2.46. The number of hydrogen-bond donors (Lipinski definition) is 3. The highest BCUT2D eigenvalue weighted by molar-refractivity contribution is 5.67. The Labute approximate surface area is 113 Å². The van der Waals surface area contributed by atoms with E-state index in [9.17, 15) is 9.59 Å². The van der Waals surface area contributed by atoms with E-state index in [0.717, 1.165) is 12.8 Å². The first kappa shape index (κ1) is 15.6. The van der Waals surface area contributed by atoms with E-state index >= 15 is 0 Å². The number of carbonyl (C=O) groups excluding carboxylic acids is 1. The smallest absolute Gasteiger partial charge is 0.422 e. The van der Waals surface area contributed by atoms with E-state index in [-0.39, 0.29) is 6.04 Å². The summed E-state index contributed by atoms with van der Waals surface area (Å²) in [6, 6.07) is 0.0665. The number of carbonyl (C=O) groups is 2. The number of likely N-dealkylation sites (tertiary alicyclic amines) is 1. The number of nitrogens with one attached hydrogen (secondary N) is 2. The maximum absolute atomic E-state index is 11.5. The Morgan fingerprint density at radius 3 is 2.53 bits per heavy atom. The molecule has 0 spiro atoms. The topological polar surface area (TPSA) is 90.9 Å². The van der Waals surface area contributed by atoms with Gasteiger partial charge in [-0.05, 0) is 40.0 Å². The molecule has 0 aromatic rings. The van der Waals surface area contributed by atoms with Gasteiger partial charge in [0, 0.05) is 19.1 Å². The number of hydrogen-bond acceptors (Lipinski definition) is 4. The van der Waals surface area contributed by atoms with E-state index in [4.69, 9.17) is 9.84 Å². The number of hydrazine groups is 1. The van der Waals surface area contributed by atoms with Crippen LogP contribution in [0.25, 0.3) is 0 Å². The van der Waals surface area contributed by atoms with Gasteiger partial charge in [-0.15, -0.1) is 0 Å². The van der Waals surface area contributed by atoms with Crippen LogP contribution >= 0.6 is 0 Å². The second-order valence-electron chi connectivity index (χ2n) is 5.67. The molecule has 110 valence electrons. The van der Waals surface area contributed by atoms with Crippen molar-refractivity contribution in [3.8, 4) is 0 Å². The zero-order valence-electron chi connectivity index (χ0n) is 11.7. The Morgan fingerprint density at radius 1 is 1.26 bits per heavy atom. The molecule has 0 radical (unpaired) electrons. The number of amides is 2. The third-order valence-corrected chi connectivity index (χ3v) is 2.78. The van der Waals surface area contributed by atoms with Crippen LogP contribution < -0.4 is 10.9 Å². The van der Waals surface area contributed by atoms with Gasteiger partial charge in [-0.25, -0.2) is 15.0 Å². The van der Waals surface area contributed by atoms with Crippen LogP contribution in [0.5, 0.6) is 0 Å². The summed E-state index contributed by atoms with van der Waals surface area (Å²) < 4.78 is 5.10. The summed E-state index contributed by atoms with van der Waals surface area (Å²) >= 11 is 0. The fourth-order valence-electron chi connectivity index (χ4n) is 1.90. The normalized spacial score (nSPS) is 20.6. The Bertz CT molecular complexity index is 327. The summed E-state index contributed by atoms with van der Waals surface area (Å²) in [6.45, 7) is 6.40. The molecule has 19 heavy (non-hydrogen) atoms. The van der Waals surface area contributed by atoms with Crippen molar-refractivity contribution < 1.29 is 19.4 Å². The van der Waals surface area contributed by atoms with Gasteiger partial charge in [0.25, 0.3) is 0 Å². The minimum Gasteiger partial charge on any atom is -0.465 e. The van der Waals surface area contributed by atoms with E-state index in [2.05, 4.69) is 10.9 Å². The van der Waals surface area contributed by atoms with Gasteiger partial charge >= 0.3 is 12.2 Å². The highest BCUT2D eigenvalue weighted by atomic mass is 16.6. The van der Waals surface area contributed by atoms with Crippen LogP contribution in [0.15, 0.2) is 0 Å². The van der Waals surface area contributed by atoms with E-state index < -0.39 is 17.8 Å². The van der Waals surface area contributed by atoms with Crippen LogP contribution in [0.4, 0.5) is 9.59 Å². The van der Waals surface area contributed by atoms with E-state index in [1.807, 2.05) is 0 Å². The number of carboxylic acid groups (broad SMARTS) is 1. The molecule has 7 nitrogen and oxygen atoms in total. The molecule has 0 bridgehead atoms. The fraction of sp³-hybridized carbons (Fsp3) is 0.833. The molecule has 0 aromatic carbocycles. The molecule has 1 aliphatic heterocycles. The maximum atomic E-state index is 11.5. The van der Waals surface area contributed by atoms with Crippen LogP contribution in [0.3, 0.4) is 0 Å². The predicted molar refractivity (Wildman–Crippen MR) is 69.7 cm³/mol. The minimum atomic E-state index is -0.888. The Hall–Kier alpha value is -1.50. The predicted octanol–water partition coefficient (Wildman–Crippen LogP) is 1.55. The second kappa shape index (κ2) is 6.60. The SMILES string of the molecule is CC(C)(C)OC(=O)NNC1CCCN(C(=O)O)CC1. The van der Waals surface area contributed by atoms with Gasteiger partial charge in [-0.1, -0.05) is 0 Å². The summed E-state index contributed by atoms with van der Waals surface area (Å²) in [6.07, 6.45) is 0.856. The molecule has 1 unspecified atom stereocenters. The average Bonchev–Trinajstić information content (AvgIpc) is 2.49. The first-order chi connectivity index (χ1) is 8.78. The molecule has 1 fully saturated rings. The molecule has 3 N–H and O–H groups in total. The lowest BCUT2D eigenvalue weighted by atomic mass is 10.1. The van der Waals surface area contributed by atoms with Gasteiger partial charge in [0.2, 0.25) is 0 Å². The quantitative estimate of drug-likeness (QED) is 0.664. The van der Waals surface area contributed by atoms with E-state index in [0.29, 0.717) is 19.5 Å². The zero-order chi connectivity index (χ0) is 14.5. The molecule has 7 heteroatoms. The lowest BCUT2D eigenvalue weighted by molar-refractivity contribution is 0.0485. The molecule has 1 heterocycles. The molecule has 1 atom stereocenters. The number of ether oxygens (including phenoxy) is 1. The zero-order valence-corrected chi connectivity index (χ0v) is 11.7. The summed E-state index contributed by atoms with van der Waals surface area (Å²) in [5, 5.41) is 8.91. The average molecular weight is 273 g/mol. The van der Waals surface area contributed by atoms with E-state index in [1.54, 1.807) is 20.8 Å². The van der Waals surface area contributed by atoms with Crippen molar-refractivity contribution in [2.45, 2.75) is 51.7 Å². The Kier molecular flexibility index (Phi) is 5.41.